The van der Waals surface area contributed by atoms with Crippen molar-refractivity contribution in [3.8, 4) is 22.6 Å². The van der Waals surface area contributed by atoms with Crippen LogP contribution in [0.4, 0.5) is 8.78 Å². The van der Waals surface area contributed by atoms with Crippen LogP contribution in [0.25, 0.3) is 22.6 Å². The smallest absolute Gasteiger partial charge is 0.309 e. The van der Waals surface area contributed by atoms with Gasteiger partial charge in [-0.1, -0.05) is 23.4 Å². The van der Waals surface area contributed by atoms with Crippen molar-refractivity contribution in [1.29, 1.82) is 0 Å². The van der Waals surface area contributed by atoms with Crippen molar-refractivity contribution in [2.75, 3.05) is 20.6 Å². The number of halogens is 2. The van der Waals surface area contributed by atoms with E-state index in [1.54, 1.807) is 24.3 Å². The van der Waals surface area contributed by atoms with E-state index < -0.39 is 17.4 Å². The van der Waals surface area contributed by atoms with Crippen LogP contribution < -0.4 is 11.3 Å². The minimum atomic E-state index is -0.730. The molecule has 34 heavy (non-hydrogen) atoms. The lowest BCUT2D eigenvalue weighted by Crippen LogP contribution is -2.23. The normalized spacial score (nSPS) is 11.3. The number of hydrogen-bond donors (Lipinski definition) is 0. The average molecular weight is 467 g/mol. The SMILES string of the molecule is CN(C)CCCn1c(-c2cccc(Cn3nc(-c4cc(F)cc(F)c4)ccc3=O)c2)noc1=O. The lowest BCUT2D eigenvalue weighted by molar-refractivity contribution is 0.360. The number of benzene rings is 2. The number of aromatic nitrogens is 4. The Balaban J connectivity index is 1.62. The van der Waals surface area contributed by atoms with Gasteiger partial charge < -0.3 is 4.90 Å². The van der Waals surface area contributed by atoms with Gasteiger partial charge in [0.25, 0.3) is 5.56 Å². The Kier molecular flexibility index (Phi) is 6.78. The molecule has 0 bridgehead atoms. The van der Waals surface area contributed by atoms with Crippen molar-refractivity contribution < 1.29 is 13.3 Å². The van der Waals surface area contributed by atoms with E-state index >= 15 is 0 Å². The maximum atomic E-state index is 13.6. The predicted molar refractivity (Wildman–Crippen MR) is 122 cm³/mol. The van der Waals surface area contributed by atoms with E-state index in [1.165, 1.54) is 21.4 Å². The maximum Gasteiger partial charge on any atom is 0.441 e. The Morgan fingerprint density at radius 2 is 1.74 bits per heavy atom. The summed E-state index contributed by atoms with van der Waals surface area (Å²) in [7, 11) is 3.91. The highest BCUT2D eigenvalue weighted by molar-refractivity contribution is 5.58. The summed E-state index contributed by atoms with van der Waals surface area (Å²) < 4.78 is 34.8. The van der Waals surface area contributed by atoms with Crippen molar-refractivity contribution in [2.24, 2.45) is 0 Å². The number of hydrogen-bond acceptors (Lipinski definition) is 6. The molecule has 2 aromatic carbocycles. The molecule has 2 heterocycles. The molecule has 0 aliphatic carbocycles. The van der Waals surface area contributed by atoms with E-state index in [0.717, 1.165) is 36.7 Å². The molecular weight excluding hydrogens is 444 g/mol. The summed E-state index contributed by atoms with van der Waals surface area (Å²) in [4.78, 5) is 26.6. The van der Waals surface area contributed by atoms with Crippen molar-refractivity contribution in [3.05, 3.63) is 92.7 Å². The minimum Gasteiger partial charge on any atom is -0.309 e. The van der Waals surface area contributed by atoms with Gasteiger partial charge in [0, 0.05) is 29.8 Å². The highest BCUT2D eigenvalue weighted by atomic mass is 19.1. The third-order valence-corrected chi connectivity index (χ3v) is 5.22. The molecule has 0 saturated carbocycles. The topological polar surface area (TPSA) is 86.2 Å². The Bertz CT molecular complexity index is 1400. The third kappa shape index (κ3) is 5.34. The average Bonchev–Trinajstić information content (AvgIpc) is 3.15. The molecule has 8 nitrogen and oxygen atoms in total. The molecule has 176 valence electrons. The van der Waals surface area contributed by atoms with E-state index in [4.69, 9.17) is 4.52 Å². The molecule has 0 N–H and O–H groups in total. The van der Waals surface area contributed by atoms with E-state index in [1.807, 2.05) is 19.0 Å². The number of nitrogens with zero attached hydrogens (tertiary/aromatic N) is 5. The van der Waals surface area contributed by atoms with Gasteiger partial charge in [-0.25, -0.2) is 18.3 Å². The van der Waals surface area contributed by atoms with Crippen LogP contribution in [0.3, 0.4) is 0 Å². The van der Waals surface area contributed by atoms with Crippen LogP contribution in [0.15, 0.2) is 68.7 Å². The summed E-state index contributed by atoms with van der Waals surface area (Å²) in [6, 6.07) is 13.0. The van der Waals surface area contributed by atoms with Gasteiger partial charge in [-0.05, 0) is 56.9 Å². The van der Waals surface area contributed by atoms with Gasteiger partial charge in [-0.15, -0.1) is 0 Å². The molecule has 0 amide bonds. The largest absolute Gasteiger partial charge is 0.441 e. The first-order valence-electron chi connectivity index (χ1n) is 10.7. The Morgan fingerprint density at radius 3 is 2.47 bits per heavy atom. The van der Waals surface area contributed by atoms with Crippen LogP contribution in [-0.2, 0) is 13.1 Å². The van der Waals surface area contributed by atoms with Gasteiger partial charge in [0.05, 0.1) is 12.2 Å². The van der Waals surface area contributed by atoms with Crippen molar-refractivity contribution in [1.82, 2.24) is 24.4 Å². The first-order valence-corrected chi connectivity index (χ1v) is 10.7. The van der Waals surface area contributed by atoms with Crippen LogP contribution in [0.5, 0.6) is 0 Å². The van der Waals surface area contributed by atoms with Crippen LogP contribution in [-0.4, -0.2) is 45.0 Å². The Morgan fingerprint density at radius 1 is 0.971 bits per heavy atom. The molecule has 0 aliphatic heterocycles. The lowest BCUT2D eigenvalue weighted by Gasteiger charge is -2.11. The van der Waals surface area contributed by atoms with E-state index in [2.05, 4.69) is 10.3 Å². The van der Waals surface area contributed by atoms with Gasteiger partial charge in [-0.3, -0.25) is 13.9 Å². The van der Waals surface area contributed by atoms with Crippen LogP contribution in [0.2, 0.25) is 0 Å². The highest BCUT2D eigenvalue weighted by Crippen LogP contribution is 2.20. The van der Waals surface area contributed by atoms with Gasteiger partial charge in [0.2, 0.25) is 0 Å². The Hall–Kier alpha value is -3.92. The number of rotatable bonds is 8. The molecule has 10 heteroatoms. The fraction of sp³-hybridized carbons (Fsp3) is 0.250. The van der Waals surface area contributed by atoms with Crippen LogP contribution in [0.1, 0.15) is 12.0 Å². The molecule has 0 aliphatic rings. The second-order valence-corrected chi connectivity index (χ2v) is 8.15. The van der Waals surface area contributed by atoms with Gasteiger partial charge in [0.15, 0.2) is 5.82 Å². The first kappa shape index (κ1) is 23.2. The van der Waals surface area contributed by atoms with Crippen LogP contribution >= 0.6 is 0 Å². The zero-order chi connectivity index (χ0) is 24.2. The zero-order valence-electron chi connectivity index (χ0n) is 18.7. The highest BCUT2D eigenvalue weighted by Gasteiger charge is 2.14. The van der Waals surface area contributed by atoms with E-state index in [-0.39, 0.29) is 23.4 Å². The van der Waals surface area contributed by atoms with Gasteiger partial charge >= 0.3 is 5.76 Å². The molecule has 0 spiro atoms. The molecule has 0 radical (unpaired) electrons. The van der Waals surface area contributed by atoms with E-state index in [9.17, 15) is 18.4 Å². The summed E-state index contributed by atoms with van der Waals surface area (Å²) in [6.07, 6.45) is 0.744. The fourth-order valence-corrected chi connectivity index (χ4v) is 3.62. The monoisotopic (exact) mass is 467 g/mol. The van der Waals surface area contributed by atoms with Crippen LogP contribution in [0, 0.1) is 11.6 Å². The molecule has 4 aromatic rings. The molecule has 4 rings (SSSR count). The second kappa shape index (κ2) is 9.92. The van der Waals surface area contributed by atoms with Gasteiger partial charge in [-0.2, -0.15) is 5.10 Å². The van der Waals surface area contributed by atoms with Crippen molar-refractivity contribution >= 4 is 0 Å². The van der Waals surface area contributed by atoms with Gasteiger partial charge in [0.1, 0.15) is 11.6 Å². The summed E-state index contributed by atoms with van der Waals surface area (Å²) in [5, 5.41) is 8.20. The second-order valence-electron chi connectivity index (χ2n) is 8.15. The summed E-state index contributed by atoms with van der Waals surface area (Å²) in [5.74, 6) is -1.60. The standard InChI is InChI=1S/C24H23F2N5O3/c1-29(2)9-4-10-30-23(28-34-24(30)33)17-6-3-5-16(11-17)15-31-22(32)8-7-21(27-31)18-12-19(25)14-20(26)13-18/h3,5-8,11-14H,4,9-10,15H2,1-2H3. The maximum absolute atomic E-state index is 13.6. The first-order chi connectivity index (χ1) is 16.3. The lowest BCUT2D eigenvalue weighted by atomic mass is 10.1. The molecule has 0 unspecified atom stereocenters. The minimum absolute atomic E-state index is 0.112. The molecule has 0 saturated heterocycles. The molecule has 2 aromatic heterocycles. The Labute approximate surface area is 193 Å². The predicted octanol–water partition coefficient (Wildman–Crippen LogP) is 3.01. The molecule has 0 atom stereocenters. The van der Waals surface area contributed by atoms with E-state index in [0.29, 0.717) is 17.9 Å². The quantitative estimate of drug-likeness (QED) is 0.396. The van der Waals surface area contributed by atoms with Crippen molar-refractivity contribution in [3.63, 3.8) is 0 Å². The molecular formula is C24H23F2N5O3. The summed E-state index contributed by atoms with van der Waals surface area (Å²) in [6.45, 7) is 1.37. The fourth-order valence-electron chi connectivity index (χ4n) is 3.62. The summed E-state index contributed by atoms with van der Waals surface area (Å²) >= 11 is 0. The molecule has 0 fully saturated rings. The van der Waals surface area contributed by atoms with Crippen molar-refractivity contribution in [2.45, 2.75) is 19.5 Å². The third-order valence-electron chi connectivity index (χ3n) is 5.22. The zero-order valence-corrected chi connectivity index (χ0v) is 18.7. The summed E-state index contributed by atoms with van der Waals surface area (Å²) in [5.41, 5.74) is 1.51.